The first kappa shape index (κ1) is 16.6. The van der Waals surface area contributed by atoms with Gasteiger partial charge in [-0.25, -0.2) is 0 Å². The van der Waals surface area contributed by atoms with Crippen LogP contribution in [0.1, 0.15) is 48.6 Å². The number of ether oxygens (including phenoxy) is 1. The van der Waals surface area contributed by atoms with Crippen LogP contribution in [-0.4, -0.2) is 66.1 Å². The number of aromatic nitrogens is 1. The van der Waals surface area contributed by atoms with Crippen molar-refractivity contribution in [2.75, 3.05) is 39.9 Å². The van der Waals surface area contributed by atoms with Crippen molar-refractivity contribution in [2.45, 2.75) is 38.1 Å². The van der Waals surface area contributed by atoms with Crippen LogP contribution in [0.2, 0.25) is 0 Å². The molecular formula is C19H27N3O3. The van der Waals surface area contributed by atoms with Crippen molar-refractivity contribution in [1.29, 1.82) is 0 Å². The molecule has 2 saturated heterocycles. The van der Waals surface area contributed by atoms with Crippen LogP contribution in [0.3, 0.4) is 0 Å². The molecule has 0 N–H and O–H groups in total. The largest absolute Gasteiger partial charge is 0.383 e. The van der Waals surface area contributed by atoms with E-state index in [1.54, 1.807) is 7.11 Å². The topological polar surface area (TPSA) is 54.8 Å². The van der Waals surface area contributed by atoms with Gasteiger partial charge >= 0.3 is 0 Å². The molecule has 6 nitrogen and oxygen atoms in total. The van der Waals surface area contributed by atoms with E-state index in [2.05, 4.69) is 4.57 Å². The lowest BCUT2D eigenvalue weighted by Crippen LogP contribution is -2.51. The van der Waals surface area contributed by atoms with Crippen LogP contribution < -0.4 is 0 Å². The second kappa shape index (κ2) is 6.48. The van der Waals surface area contributed by atoms with E-state index in [0.717, 1.165) is 44.3 Å². The van der Waals surface area contributed by atoms with Crippen LogP contribution in [-0.2, 0) is 9.53 Å². The van der Waals surface area contributed by atoms with E-state index in [4.69, 9.17) is 4.74 Å². The van der Waals surface area contributed by atoms with Gasteiger partial charge in [0, 0.05) is 45.5 Å². The molecule has 25 heavy (non-hydrogen) atoms. The first-order valence-electron chi connectivity index (χ1n) is 9.39. The molecule has 1 atom stereocenters. The van der Waals surface area contributed by atoms with Gasteiger partial charge in [-0.3, -0.25) is 9.59 Å². The number of hydrogen-bond donors (Lipinski definition) is 0. The Hall–Kier alpha value is -1.82. The van der Waals surface area contributed by atoms with Gasteiger partial charge in [0.1, 0.15) is 5.69 Å². The lowest BCUT2D eigenvalue weighted by Gasteiger charge is -2.39. The number of carbonyl (C=O) groups is 2. The Balaban J connectivity index is 1.47. The monoisotopic (exact) mass is 345 g/mol. The van der Waals surface area contributed by atoms with Crippen LogP contribution in [0.5, 0.6) is 0 Å². The van der Waals surface area contributed by atoms with E-state index in [0.29, 0.717) is 32.3 Å². The van der Waals surface area contributed by atoms with Crippen molar-refractivity contribution in [2.24, 2.45) is 5.41 Å². The van der Waals surface area contributed by atoms with Gasteiger partial charge in [0.05, 0.1) is 12.0 Å². The molecular weight excluding hydrogens is 318 g/mol. The van der Waals surface area contributed by atoms with Gasteiger partial charge < -0.3 is 19.1 Å². The molecule has 6 heteroatoms. The molecule has 1 aliphatic carbocycles. The Morgan fingerprint density at radius 1 is 1.32 bits per heavy atom. The number of hydrogen-bond acceptors (Lipinski definition) is 3. The minimum absolute atomic E-state index is 0.0792. The van der Waals surface area contributed by atoms with Crippen LogP contribution in [0.4, 0.5) is 0 Å². The number of amides is 2. The standard InChI is InChI=1S/C19H27N3O3/c1-25-13-12-20-9-3-7-19(18(20)24)8-11-21(14-19)17(23)16-4-2-10-22(16)15-5-6-15/h2,4,10,15H,3,5-9,11-14H2,1H3/t19-/m1/s1. The van der Waals surface area contributed by atoms with Gasteiger partial charge in [-0.15, -0.1) is 0 Å². The summed E-state index contributed by atoms with van der Waals surface area (Å²) < 4.78 is 7.24. The predicted octanol–water partition coefficient (Wildman–Crippen LogP) is 1.92. The smallest absolute Gasteiger partial charge is 0.270 e. The second-order valence-corrected chi connectivity index (χ2v) is 7.68. The highest BCUT2D eigenvalue weighted by Crippen LogP contribution is 2.41. The molecule has 4 rings (SSSR count). The van der Waals surface area contributed by atoms with Gasteiger partial charge in [-0.05, 0) is 44.2 Å². The number of rotatable bonds is 5. The number of piperidine rings is 1. The molecule has 3 heterocycles. The van der Waals surface area contributed by atoms with Gasteiger partial charge in [0.25, 0.3) is 5.91 Å². The van der Waals surface area contributed by atoms with E-state index in [1.807, 2.05) is 28.1 Å². The van der Waals surface area contributed by atoms with Gasteiger partial charge in [-0.2, -0.15) is 0 Å². The zero-order valence-corrected chi connectivity index (χ0v) is 14.9. The minimum Gasteiger partial charge on any atom is -0.383 e. The predicted molar refractivity (Wildman–Crippen MR) is 93.3 cm³/mol. The Morgan fingerprint density at radius 2 is 2.16 bits per heavy atom. The molecule has 1 spiro atoms. The fraction of sp³-hybridized carbons (Fsp3) is 0.684. The molecule has 136 valence electrons. The van der Waals surface area contributed by atoms with Crippen LogP contribution >= 0.6 is 0 Å². The third-order valence-electron chi connectivity index (χ3n) is 5.97. The number of likely N-dealkylation sites (tertiary alicyclic amines) is 2. The molecule has 2 amide bonds. The third kappa shape index (κ3) is 2.97. The summed E-state index contributed by atoms with van der Waals surface area (Å²) in [6.45, 7) is 3.26. The maximum atomic E-state index is 13.0. The molecule has 1 saturated carbocycles. The van der Waals surface area contributed by atoms with Gasteiger partial charge in [0.15, 0.2) is 0 Å². The summed E-state index contributed by atoms with van der Waals surface area (Å²) in [6, 6.07) is 4.36. The van der Waals surface area contributed by atoms with Crippen molar-refractivity contribution in [3.05, 3.63) is 24.0 Å². The molecule has 1 aromatic rings. The maximum Gasteiger partial charge on any atom is 0.270 e. The average Bonchev–Trinajstić information content (AvgIpc) is 3.19. The van der Waals surface area contributed by atoms with Crippen molar-refractivity contribution < 1.29 is 14.3 Å². The fourth-order valence-corrected chi connectivity index (χ4v) is 4.40. The second-order valence-electron chi connectivity index (χ2n) is 7.68. The summed E-state index contributed by atoms with van der Waals surface area (Å²) in [5, 5.41) is 0. The van der Waals surface area contributed by atoms with Crippen molar-refractivity contribution in [3.8, 4) is 0 Å². The molecule has 1 aromatic heterocycles. The molecule has 2 aliphatic heterocycles. The number of methoxy groups -OCH3 is 1. The highest BCUT2D eigenvalue weighted by molar-refractivity contribution is 5.94. The Bertz CT molecular complexity index is 667. The summed E-state index contributed by atoms with van der Waals surface area (Å²) in [7, 11) is 1.66. The fourth-order valence-electron chi connectivity index (χ4n) is 4.40. The molecule has 0 unspecified atom stereocenters. The summed E-state index contributed by atoms with van der Waals surface area (Å²) in [6.07, 6.45) is 7.01. The molecule has 3 aliphatic rings. The SMILES string of the molecule is COCCN1CCC[C@]2(CCN(C(=O)c3cccn3C3CC3)C2)C1=O. The zero-order valence-electron chi connectivity index (χ0n) is 14.9. The summed E-state index contributed by atoms with van der Waals surface area (Å²) in [5.41, 5.74) is 0.401. The molecule has 3 fully saturated rings. The third-order valence-corrected chi connectivity index (χ3v) is 5.97. The van der Waals surface area contributed by atoms with Crippen LogP contribution in [0.15, 0.2) is 18.3 Å². The highest BCUT2D eigenvalue weighted by atomic mass is 16.5. The zero-order chi connectivity index (χ0) is 17.4. The summed E-state index contributed by atoms with van der Waals surface area (Å²) in [4.78, 5) is 29.8. The molecule has 0 bridgehead atoms. The number of nitrogens with zero attached hydrogens (tertiary/aromatic N) is 3. The normalized spacial score (nSPS) is 26.7. The van der Waals surface area contributed by atoms with Crippen molar-refractivity contribution in [1.82, 2.24) is 14.4 Å². The van der Waals surface area contributed by atoms with Gasteiger partial charge in [-0.1, -0.05) is 0 Å². The lowest BCUT2D eigenvalue weighted by molar-refractivity contribution is -0.146. The Morgan fingerprint density at radius 3 is 2.92 bits per heavy atom. The summed E-state index contributed by atoms with van der Waals surface area (Å²) in [5.74, 6) is 0.291. The van der Waals surface area contributed by atoms with E-state index < -0.39 is 0 Å². The van der Waals surface area contributed by atoms with Crippen LogP contribution in [0.25, 0.3) is 0 Å². The maximum absolute atomic E-state index is 13.0. The first-order valence-corrected chi connectivity index (χ1v) is 9.39. The molecule has 0 aromatic carbocycles. The summed E-state index contributed by atoms with van der Waals surface area (Å²) >= 11 is 0. The Kier molecular flexibility index (Phi) is 4.31. The van der Waals surface area contributed by atoms with E-state index >= 15 is 0 Å². The number of carbonyl (C=O) groups excluding carboxylic acids is 2. The van der Waals surface area contributed by atoms with Crippen molar-refractivity contribution in [3.63, 3.8) is 0 Å². The van der Waals surface area contributed by atoms with Crippen molar-refractivity contribution >= 4 is 11.8 Å². The van der Waals surface area contributed by atoms with Crippen LogP contribution in [0, 0.1) is 5.41 Å². The Labute approximate surface area is 148 Å². The first-order chi connectivity index (χ1) is 12.1. The molecule has 0 radical (unpaired) electrons. The lowest BCUT2D eigenvalue weighted by atomic mass is 9.78. The quantitative estimate of drug-likeness (QED) is 0.819. The van der Waals surface area contributed by atoms with E-state index in [9.17, 15) is 9.59 Å². The average molecular weight is 345 g/mol. The van der Waals surface area contributed by atoms with E-state index in [-0.39, 0.29) is 17.2 Å². The van der Waals surface area contributed by atoms with E-state index in [1.165, 1.54) is 0 Å². The highest BCUT2D eigenvalue weighted by Gasteiger charge is 2.49. The minimum atomic E-state index is -0.376. The van der Waals surface area contributed by atoms with Gasteiger partial charge in [0.2, 0.25) is 5.91 Å².